The van der Waals surface area contributed by atoms with Gasteiger partial charge in [0.05, 0.1) is 0 Å². The van der Waals surface area contributed by atoms with Crippen molar-refractivity contribution in [2.45, 2.75) is 26.3 Å². The molecule has 1 aromatic rings. The van der Waals surface area contributed by atoms with Crippen LogP contribution in [0.3, 0.4) is 0 Å². The van der Waals surface area contributed by atoms with Crippen molar-refractivity contribution in [2.75, 3.05) is 32.1 Å². The highest BCUT2D eigenvalue weighted by Gasteiger charge is 2.28. The molecule has 2 nitrogen and oxygen atoms in total. The van der Waals surface area contributed by atoms with E-state index in [1.165, 1.54) is 6.42 Å². The van der Waals surface area contributed by atoms with Crippen LogP contribution in [0, 0.1) is 18.7 Å². The van der Waals surface area contributed by atoms with E-state index in [2.05, 4.69) is 30.8 Å². The SMILES string of the molecule is Cc1cc(F)ccc1N(C)[C@@H]1CCN(C)C[C@@H]1C. The van der Waals surface area contributed by atoms with Crippen LogP contribution in [0.1, 0.15) is 18.9 Å². The van der Waals surface area contributed by atoms with Gasteiger partial charge in [-0.05, 0) is 56.6 Å². The van der Waals surface area contributed by atoms with Crippen LogP contribution in [0.15, 0.2) is 18.2 Å². The summed E-state index contributed by atoms with van der Waals surface area (Å²) in [6.07, 6.45) is 1.17. The number of benzene rings is 1. The van der Waals surface area contributed by atoms with Crippen molar-refractivity contribution in [3.05, 3.63) is 29.6 Å². The minimum atomic E-state index is -0.152. The Hall–Kier alpha value is -1.09. The van der Waals surface area contributed by atoms with Gasteiger partial charge in [-0.25, -0.2) is 4.39 Å². The molecule has 2 atom stereocenters. The smallest absolute Gasteiger partial charge is 0.123 e. The van der Waals surface area contributed by atoms with Crippen LogP contribution in [0.4, 0.5) is 10.1 Å². The summed E-state index contributed by atoms with van der Waals surface area (Å²) in [5.74, 6) is 0.485. The fraction of sp³-hybridized carbons (Fsp3) is 0.600. The molecule has 1 aliphatic heterocycles. The number of hydrogen-bond donors (Lipinski definition) is 0. The van der Waals surface area contributed by atoms with E-state index >= 15 is 0 Å². The standard InChI is InChI=1S/C15H23FN2/c1-11-9-13(16)5-6-14(11)18(4)15-7-8-17(3)10-12(15)2/h5-6,9,12,15H,7-8,10H2,1-4H3/t12-,15+/m0/s1. The predicted octanol–water partition coefficient (Wildman–Crippen LogP) is 2.91. The average molecular weight is 250 g/mol. The molecule has 18 heavy (non-hydrogen) atoms. The molecular weight excluding hydrogens is 227 g/mol. The topological polar surface area (TPSA) is 6.48 Å². The van der Waals surface area contributed by atoms with Gasteiger partial charge in [0.2, 0.25) is 0 Å². The number of likely N-dealkylation sites (tertiary alicyclic amines) is 1. The van der Waals surface area contributed by atoms with E-state index in [1.54, 1.807) is 12.1 Å². The van der Waals surface area contributed by atoms with E-state index in [1.807, 2.05) is 13.0 Å². The van der Waals surface area contributed by atoms with E-state index in [9.17, 15) is 4.39 Å². The fourth-order valence-corrected chi connectivity index (χ4v) is 3.11. The zero-order valence-electron chi connectivity index (χ0n) is 11.8. The number of nitrogens with zero attached hydrogens (tertiary/aromatic N) is 2. The average Bonchev–Trinajstić information content (AvgIpc) is 2.28. The van der Waals surface area contributed by atoms with Crippen molar-refractivity contribution < 1.29 is 4.39 Å². The molecule has 0 N–H and O–H groups in total. The van der Waals surface area contributed by atoms with Gasteiger partial charge in [0.1, 0.15) is 5.82 Å². The van der Waals surface area contributed by atoms with Crippen LogP contribution in [0.25, 0.3) is 0 Å². The van der Waals surface area contributed by atoms with E-state index in [-0.39, 0.29) is 5.82 Å². The van der Waals surface area contributed by atoms with Gasteiger partial charge in [-0.1, -0.05) is 6.92 Å². The summed E-state index contributed by atoms with van der Waals surface area (Å²) < 4.78 is 13.2. The maximum Gasteiger partial charge on any atom is 0.123 e. The zero-order chi connectivity index (χ0) is 13.3. The van der Waals surface area contributed by atoms with E-state index in [0.29, 0.717) is 12.0 Å². The largest absolute Gasteiger partial charge is 0.371 e. The van der Waals surface area contributed by atoms with Gasteiger partial charge >= 0.3 is 0 Å². The molecule has 0 amide bonds. The molecule has 100 valence electrons. The number of aryl methyl sites for hydroxylation is 1. The molecule has 1 aromatic carbocycles. The Bertz CT molecular complexity index is 419. The van der Waals surface area contributed by atoms with E-state index in [4.69, 9.17) is 0 Å². The van der Waals surface area contributed by atoms with Crippen LogP contribution >= 0.6 is 0 Å². The van der Waals surface area contributed by atoms with Crippen molar-refractivity contribution in [1.29, 1.82) is 0 Å². The Labute approximate surface area is 109 Å². The number of piperidine rings is 1. The zero-order valence-corrected chi connectivity index (χ0v) is 11.8. The molecule has 0 unspecified atom stereocenters. The predicted molar refractivity (Wildman–Crippen MR) is 74.6 cm³/mol. The molecular formula is C15H23FN2. The Morgan fingerprint density at radius 3 is 2.72 bits per heavy atom. The lowest BCUT2D eigenvalue weighted by Crippen LogP contribution is -2.48. The van der Waals surface area contributed by atoms with Gasteiger partial charge in [0.25, 0.3) is 0 Å². The highest BCUT2D eigenvalue weighted by atomic mass is 19.1. The molecule has 0 bridgehead atoms. The van der Waals surface area contributed by atoms with Crippen molar-refractivity contribution in [3.63, 3.8) is 0 Å². The minimum Gasteiger partial charge on any atom is -0.371 e. The Morgan fingerprint density at radius 2 is 2.11 bits per heavy atom. The normalized spacial score (nSPS) is 25.2. The summed E-state index contributed by atoms with van der Waals surface area (Å²) in [5.41, 5.74) is 2.17. The van der Waals surface area contributed by atoms with Crippen molar-refractivity contribution in [2.24, 2.45) is 5.92 Å². The lowest BCUT2D eigenvalue weighted by atomic mass is 9.92. The van der Waals surface area contributed by atoms with E-state index in [0.717, 1.165) is 24.3 Å². The van der Waals surface area contributed by atoms with Crippen molar-refractivity contribution in [1.82, 2.24) is 4.90 Å². The number of rotatable bonds is 2. The maximum absolute atomic E-state index is 13.2. The second kappa shape index (κ2) is 5.27. The van der Waals surface area contributed by atoms with Crippen LogP contribution < -0.4 is 4.90 Å². The fourth-order valence-electron chi connectivity index (χ4n) is 3.11. The molecule has 1 saturated heterocycles. The summed E-state index contributed by atoms with van der Waals surface area (Å²) >= 11 is 0. The van der Waals surface area contributed by atoms with Gasteiger partial charge in [-0.3, -0.25) is 0 Å². The first-order chi connectivity index (χ1) is 8.49. The van der Waals surface area contributed by atoms with E-state index < -0.39 is 0 Å². The number of hydrogen-bond acceptors (Lipinski definition) is 2. The summed E-state index contributed by atoms with van der Waals surface area (Å²) in [4.78, 5) is 4.71. The van der Waals surface area contributed by atoms with Crippen LogP contribution in [0.5, 0.6) is 0 Å². The molecule has 2 rings (SSSR count). The molecule has 1 fully saturated rings. The number of anilines is 1. The van der Waals surface area contributed by atoms with Gasteiger partial charge in [-0.15, -0.1) is 0 Å². The summed E-state index contributed by atoms with van der Waals surface area (Å²) in [7, 11) is 4.31. The molecule has 1 heterocycles. The first kappa shape index (κ1) is 13.3. The highest BCUT2D eigenvalue weighted by Crippen LogP contribution is 2.28. The molecule has 0 spiro atoms. The number of halogens is 1. The summed E-state index contributed by atoms with van der Waals surface area (Å²) in [6, 6.07) is 5.62. The highest BCUT2D eigenvalue weighted by molar-refractivity contribution is 5.53. The van der Waals surface area contributed by atoms with Crippen LogP contribution in [-0.4, -0.2) is 38.1 Å². The van der Waals surface area contributed by atoms with Crippen molar-refractivity contribution >= 4 is 5.69 Å². The molecule has 0 saturated carbocycles. The lowest BCUT2D eigenvalue weighted by molar-refractivity contribution is 0.194. The third-order valence-electron chi connectivity index (χ3n) is 4.10. The van der Waals surface area contributed by atoms with Gasteiger partial charge in [0.15, 0.2) is 0 Å². The third kappa shape index (κ3) is 2.66. The Morgan fingerprint density at radius 1 is 1.39 bits per heavy atom. The lowest BCUT2D eigenvalue weighted by Gasteiger charge is -2.41. The van der Waals surface area contributed by atoms with Crippen LogP contribution in [0.2, 0.25) is 0 Å². The summed E-state index contributed by atoms with van der Waals surface area (Å²) in [6.45, 7) is 6.55. The first-order valence-corrected chi connectivity index (χ1v) is 6.66. The maximum atomic E-state index is 13.2. The van der Waals surface area contributed by atoms with Gasteiger partial charge < -0.3 is 9.80 Å². The minimum absolute atomic E-state index is 0.152. The van der Waals surface area contributed by atoms with Gasteiger partial charge in [-0.2, -0.15) is 0 Å². The molecule has 0 aromatic heterocycles. The second-order valence-electron chi connectivity index (χ2n) is 5.64. The summed E-state index contributed by atoms with van der Waals surface area (Å²) in [5, 5.41) is 0. The molecule has 1 aliphatic rings. The molecule has 3 heteroatoms. The molecule has 0 aliphatic carbocycles. The quantitative estimate of drug-likeness (QED) is 0.796. The van der Waals surface area contributed by atoms with Gasteiger partial charge in [0, 0.05) is 25.3 Å². The Balaban J connectivity index is 2.17. The van der Waals surface area contributed by atoms with Crippen LogP contribution in [-0.2, 0) is 0 Å². The first-order valence-electron chi connectivity index (χ1n) is 6.66. The molecule has 0 radical (unpaired) electrons. The Kier molecular flexibility index (Phi) is 3.91. The third-order valence-corrected chi connectivity index (χ3v) is 4.10. The monoisotopic (exact) mass is 250 g/mol. The van der Waals surface area contributed by atoms with Crippen molar-refractivity contribution in [3.8, 4) is 0 Å². The second-order valence-corrected chi connectivity index (χ2v) is 5.64.